The maximum absolute atomic E-state index is 12.7. The van der Waals surface area contributed by atoms with Gasteiger partial charge in [-0.05, 0) is 11.1 Å². The predicted molar refractivity (Wildman–Crippen MR) is 51.4 cm³/mol. The van der Waals surface area contributed by atoms with Crippen molar-refractivity contribution in [3.8, 4) is 6.07 Å². The van der Waals surface area contributed by atoms with Gasteiger partial charge in [0.1, 0.15) is 5.15 Å². The van der Waals surface area contributed by atoms with Crippen LogP contribution < -0.4 is 5.73 Å². The van der Waals surface area contributed by atoms with E-state index in [-0.39, 0.29) is 29.2 Å². The van der Waals surface area contributed by atoms with Crippen LogP contribution >= 0.6 is 11.6 Å². The van der Waals surface area contributed by atoms with Gasteiger partial charge < -0.3 is 5.73 Å². The van der Waals surface area contributed by atoms with Gasteiger partial charge in [-0.3, -0.25) is 0 Å². The van der Waals surface area contributed by atoms with E-state index in [1.54, 1.807) is 6.07 Å². The molecular formula is C9H8ClF2N3. The summed E-state index contributed by atoms with van der Waals surface area (Å²) in [5, 5.41) is 8.27. The molecule has 0 aromatic carbocycles. The van der Waals surface area contributed by atoms with Crippen molar-refractivity contribution in [2.75, 3.05) is 0 Å². The molecule has 0 aliphatic rings. The van der Waals surface area contributed by atoms with Crippen LogP contribution in [-0.4, -0.2) is 4.98 Å². The Morgan fingerprint density at radius 1 is 1.60 bits per heavy atom. The summed E-state index contributed by atoms with van der Waals surface area (Å²) >= 11 is 5.55. The summed E-state index contributed by atoms with van der Waals surface area (Å²) in [7, 11) is 0. The summed E-state index contributed by atoms with van der Waals surface area (Å²) in [5.74, 6) is 0. The molecule has 0 unspecified atom stereocenters. The van der Waals surface area contributed by atoms with Crippen molar-refractivity contribution < 1.29 is 8.78 Å². The minimum Gasteiger partial charge on any atom is -0.326 e. The lowest BCUT2D eigenvalue weighted by Crippen LogP contribution is -2.07. The van der Waals surface area contributed by atoms with Gasteiger partial charge in [0.05, 0.1) is 18.1 Å². The lowest BCUT2D eigenvalue weighted by Gasteiger charge is -2.11. The fourth-order valence-corrected chi connectivity index (χ4v) is 1.51. The van der Waals surface area contributed by atoms with Gasteiger partial charge in [-0.2, -0.15) is 5.26 Å². The molecule has 1 heterocycles. The van der Waals surface area contributed by atoms with E-state index in [1.807, 2.05) is 0 Å². The zero-order valence-corrected chi connectivity index (χ0v) is 8.43. The van der Waals surface area contributed by atoms with E-state index in [2.05, 4.69) is 4.98 Å². The first kappa shape index (κ1) is 11.8. The first-order valence-electron chi connectivity index (χ1n) is 4.13. The molecule has 0 saturated heterocycles. The molecule has 1 rings (SSSR count). The van der Waals surface area contributed by atoms with E-state index in [9.17, 15) is 8.78 Å². The third-order valence-electron chi connectivity index (χ3n) is 1.96. The van der Waals surface area contributed by atoms with E-state index in [0.717, 1.165) is 0 Å². The Hall–Kier alpha value is -1.25. The van der Waals surface area contributed by atoms with Crippen LogP contribution in [0.1, 0.15) is 23.1 Å². The van der Waals surface area contributed by atoms with Crippen molar-refractivity contribution >= 4 is 11.6 Å². The van der Waals surface area contributed by atoms with Crippen molar-refractivity contribution in [1.82, 2.24) is 4.98 Å². The Morgan fingerprint density at radius 3 is 2.73 bits per heavy atom. The van der Waals surface area contributed by atoms with Crippen molar-refractivity contribution in [1.29, 1.82) is 5.26 Å². The molecular weight excluding hydrogens is 224 g/mol. The fourth-order valence-electron chi connectivity index (χ4n) is 1.26. The van der Waals surface area contributed by atoms with Gasteiger partial charge in [-0.15, -0.1) is 0 Å². The highest BCUT2D eigenvalue weighted by atomic mass is 35.5. The number of hydrogen-bond acceptors (Lipinski definition) is 3. The average Bonchev–Trinajstić information content (AvgIpc) is 2.18. The monoisotopic (exact) mass is 231 g/mol. The molecule has 1 aromatic heterocycles. The van der Waals surface area contributed by atoms with Crippen LogP contribution in [0.3, 0.4) is 0 Å². The number of halogens is 3. The second-order valence-corrected chi connectivity index (χ2v) is 3.16. The smallest absolute Gasteiger partial charge is 0.267 e. The Balaban J connectivity index is 3.38. The lowest BCUT2D eigenvalue weighted by atomic mass is 10.0. The molecule has 0 spiro atoms. The minimum atomic E-state index is -2.75. The van der Waals surface area contributed by atoms with E-state index in [4.69, 9.17) is 22.6 Å². The highest BCUT2D eigenvalue weighted by molar-refractivity contribution is 6.30. The average molecular weight is 232 g/mol. The normalized spacial score (nSPS) is 10.4. The van der Waals surface area contributed by atoms with Crippen LogP contribution in [0.4, 0.5) is 8.78 Å². The van der Waals surface area contributed by atoms with Gasteiger partial charge >= 0.3 is 0 Å². The number of aromatic nitrogens is 1. The molecule has 0 fully saturated rings. The van der Waals surface area contributed by atoms with Crippen LogP contribution in [0.15, 0.2) is 6.20 Å². The standard InChI is InChI=1S/C9H8ClF2N3/c10-8-7(9(11)12)6(1-2-13)5(3-14)4-15-8/h4,9H,1,3,14H2. The quantitative estimate of drug-likeness (QED) is 0.811. The Morgan fingerprint density at radius 2 is 2.27 bits per heavy atom. The van der Waals surface area contributed by atoms with Crippen LogP contribution in [0.25, 0.3) is 0 Å². The third-order valence-corrected chi connectivity index (χ3v) is 2.26. The molecule has 80 valence electrons. The van der Waals surface area contributed by atoms with E-state index < -0.39 is 6.43 Å². The maximum Gasteiger partial charge on any atom is 0.267 e. The zero-order chi connectivity index (χ0) is 11.4. The molecule has 0 bridgehead atoms. The van der Waals surface area contributed by atoms with Crippen LogP contribution in [-0.2, 0) is 13.0 Å². The molecule has 3 nitrogen and oxygen atoms in total. The molecule has 0 saturated carbocycles. The molecule has 0 atom stereocenters. The number of rotatable bonds is 3. The van der Waals surface area contributed by atoms with Crippen molar-refractivity contribution in [2.45, 2.75) is 19.4 Å². The molecule has 0 amide bonds. The van der Waals surface area contributed by atoms with Crippen molar-refractivity contribution in [2.24, 2.45) is 5.73 Å². The summed E-state index contributed by atoms with van der Waals surface area (Å²) in [4.78, 5) is 3.61. The summed E-state index contributed by atoms with van der Waals surface area (Å²) in [6, 6.07) is 1.81. The first-order valence-corrected chi connectivity index (χ1v) is 4.51. The zero-order valence-electron chi connectivity index (χ0n) is 7.67. The van der Waals surface area contributed by atoms with E-state index in [0.29, 0.717) is 5.56 Å². The predicted octanol–water partition coefficient (Wildman–Crippen LogP) is 2.20. The Kier molecular flexibility index (Phi) is 3.95. The number of alkyl halides is 2. The topological polar surface area (TPSA) is 62.7 Å². The van der Waals surface area contributed by atoms with Crippen LogP contribution in [0, 0.1) is 11.3 Å². The molecule has 15 heavy (non-hydrogen) atoms. The maximum atomic E-state index is 12.7. The Bertz CT molecular complexity index is 401. The molecule has 0 radical (unpaired) electrons. The number of nitrogens with two attached hydrogens (primary N) is 1. The van der Waals surface area contributed by atoms with E-state index in [1.165, 1.54) is 6.20 Å². The number of hydrogen-bond donors (Lipinski definition) is 1. The summed E-state index contributed by atoms with van der Waals surface area (Å²) in [6.07, 6.45) is -1.57. The minimum absolute atomic E-state index is 0.0565. The van der Waals surface area contributed by atoms with Gasteiger partial charge in [-0.1, -0.05) is 11.6 Å². The summed E-state index contributed by atoms with van der Waals surface area (Å²) in [5.41, 5.74) is 5.59. The number of nitrogens with zero attached hydrogens (tertiary/aromatic N) is 2. The fraction of sp³-hybridized carbons (Fsp3) is 0.333. The van der Waals surface area contributed by atoms with Crippen LogP contribution in [0.2, 0.25) is 5.15 Å². The lowest BCUT2D eigenvalue weighted by molar-refractivity contribution is 0.150. The second kappa shape index (κ2) is 5.01. The molecule has 0 aliphatic heterocycles. The van der Waals surface area contributed by atoms with Gasteiger partial charge in [0.2, 0.25) is 0 Å². The van der Waals surface area contributed by atoms with Crippen molar-refractivity contribution in [3.05, 3.63) is 28.0 Å². The van der Waals surface area contributed by atoms with Gasteiger partial charge in [0.25, 0.3) is 6.43 Å². The number of nitriles is 1. The summed E-state index contributed by atoms with van der Waals surface area (Å²) in [6.45, 7) is 0.0565. The van der Waals surface area contributed by atoms with Gasteiger partial charge in [0.15, 0.2) is 0 Å². The molecule has 2 N–H and O–H groups in total. The Labute approximate surface area is 90.5 Å². The summed E-state index contributed by atoms with van der Waals surface area (Å²) < 4.78 is 25.3. The van der Waals surface area contributed by atoms with Gasteiger partial charge in [-0.25, -0.2) is 13.8 Å². The van der Waals surface area contributed by atoms with Crippen molar-refractivity contribution in [3.63, 3.8) is 0 Å². The molecule has 0 aliphatic carbocycles. The van der Waals surface area contributed by atoms with E-state index >= 15 is 0 Å². The largest absolute Gasteiger partial charge is 0.326 e. The highest BCUT2D eigenvalue weighted by Gasteiger charge is 2.20. The third kappa shape index (κ3) is 2.41. The van der Waals surface area contributed by atoms with Crippen LogP contribution in [0.5, 0.6) is 0 Å². The first-order chi connectivity index (χ1) is 7.11. The molecule has 1 aromatic rings. The second-order valence-electron chi connectivity index (χ2n) is 2.81. The SMILES string of the molecule is N#CCc1c(CN)cnc(Cl)c1C(F)F. The number of pyridine rings is 1. The molecule has 6 heteroatoms. The van der Waals surface area contributed by atoms with Gasteiger partial charge in [0, 0.05) is 12.7 Å². The highest BCUT2D eigenvalue weighted by Crippen LogP contribution is 2.30.